The molecule has 1 aliphatic rings. The summed E-state index contributed by atoms with van der Waals surface area (Å²) in [5.41, 5.74) is 7.50. The van der Waals surface area contributed by atoms with Crippen molar-refractivity contribution >= 4 is 47.4 Å². The molecule has 1 heterocycles. The molecule has 6 amide bonds. The minimum absolute atomic E-state index is 0.0304. The number of aliphatic carboxylic acids is 1. The number of rotatable bonds is 14. The van der Waals surface area contributed by atoms with Crippen molar-refractivity contribution in [1.29, 1.82) is 5.41 Å². The van der Waals surface area contributed by atoms with Crippen LogP contribution in [-0.4, -0.2) is 96.3 Å². The second-order valence-corrected chi connectivity index (χ2v) is 12.4. The van der Waals surface area contributed by atoms with Crippen molar-refractivity contribution in [2.45, 2.75) is 76.0 Å². The average Bonchev–Trinajstić information content (AvgIpc) is 3.10. The molecule has 52 heavy (non-hydrogen) atoms. The maximum absolute atomic E-state index is 13.8. The Kier molecular flexibility index (Phi) is 16.0. The fraction of sp³-hybridized carbons (Fsp3) is 0.429. The number of carbonyl (C=O) groups excluding carboxylic acids is 6. The summed E-state index contributed by atoms with van der Waals surface area (Å²) in [5.74, 6) is -5.96. The lowest BCUT2D eigenvalue weighted by atomic mass is 10.0. The highest BCUT2D eigenvalue weighted by atomic mass is 16.4. The Balaban J connectivity index is 1.86. The predicted molar refractivity (Wildman–Crippen MR) is 190 cm³/mol. The summed E-state index contributed by atoms with van der Waals surface area (Å²) in [6, 6.07) is 10.5. The van der Waals surface area contributed by atoms with Crippen molar-refractivity contribution in [3.05, 3.63) is 71.3 Å². The first-order chi connectivity index (χ1) is 24.8. The van der Waals surface area contributed by atoms with Gasteiger partial charge in [-0.1, -0.05) is 48.0 Å². The molecular formula is C35H47N9O8. The van der Waals surface area contributed by atoms with Gasteiger partial charge in [0.2, 0.25) is 29.5 Å². The first-order valence-corrected chi connectivity index (χ1v) is 17.0. The Labute approximate surface area is 301 Å². The van der Waals surface area contributed by atoms with Gasteiger partial charge in [-0.05, 0) is 56.7 Å². The van der Waals surface area contributed by atoms with E-state index in [2.05, 4.69) is 37.2 Å². The standard InChI is InChI=1S/C35H47N9O8/c1-21-12-14-23(15-13-21)30(48)38-16-6-5-10-25-32(50)42-24(11-7-17-39-35(36)37)31(49)40-20-28(45)41-27(19-29(46)47)34(52)44-26(33(51)43-25)18-22-8-3-2-4-9-22/h2-4,8-9,12-15,24-27H,5-7,10-11,16-20H2,1H3,(H,38,48)(H,40,49)(H,41,45)(H,42,50)(H,43,51)(H,44,52)(H,46,47)(H4,36,37,39)/t24-,25-,26+,27-/m0/s1. The van der Waals surface area contributed by atoms with Crippen molar-refractivity contribution in [1.82, 2.24) is 37.2 Å². The number of hydrogen-bond donors (Lipinski definition) is 10. The van der Waals surface area contributed by atoms with Crippen molar-refractivity contribution in [2.24, 2.45) is 5.73 Å². The third-order valence-electron chi connectivity index (χ3n) is 8.14. The van der Waals surface area contributed by atoms with Gasteiger partial charge in [0.05, 0.1) is 13.0 Å². The third kappa shape index (κ3) is 14.1. The number of aryl methyl sites for hydroxylation is 1. The summed E-state index contributed by atoms with van der Waals surface area (Å²) < 4.78 is 0. The molecule has 17 heteroatoms. The van der Waals surface area contributed by atoms with Crippen LogP contribution in [0, 0.1) is 12.3 Å². The highest BCUT2D eigenvalue weighted by Crippen LogP contribution is 2.10. The molecule has 17 nitrogen and oxygen atoms in total. The number of unbranched alkanes of at least 4 members (excludes halogenated alkanes) is 1. The van der Waals surface area contributed by atoms with Gasteiger partial charge >= 0.3 is 5.97 Å². The highest BCUT2D eigenvalue weighted by molar-refractivity contribution is 5.98. The van der Waals surface area contributed by atoms with Crippen LogP contribution in [0.2, 0.25) is 0 Å². The molecule has 1 aliphatic heterocycles. The molecule has 0 saturated carbocycles. The van der Waals surface area contributed by atoms with E-state index in [1.807, 2.05) is 19.1 Å². The number of carboxylic acids is 1. The van der Waals surface area contributed by atoms with Gasteiger partial charge in [0.15, 0.2) is 5.96 Å². The number of guanidine groups is 1. The Bertz CT molecular complexity index is 1590. The molecule has 0 bridgehead atoms. The van der Waals surface area contributed by atoms with Crippen molar-refractivity contribution in [3.8, 4) is 0 Å². The van der Waals surface area contributed by atoms with Crippen LogP contribution in [0.5, 0.6) is 0 Å². The summed E-state index contributed by atoms with van der Waals surface area (Å²) >= 11 is 0. The summed E-state index contributed by atoms with van der Waals surface area (Å²) in [6.45, 7) is 1.76. The van der Waals surface area contributed by atoms with Crippen LogP contribution >= 0.6 is 0 Å². The first kappa shape index (κ1) is 40.4. The van der Waals surface area contributed by atoms with E-state index in [0.717, 1.165) is 5.56 Å². The van der Waals surface area contributed by atoms with Gasteiger partial charge in [-0.25, -0.2) is 0 Å². The SMILES string of the molecule is Cc1ccc(C(=O)NCCCC[C@@H]2NC(=O)[C@@H](Cc3ccccc3)NC(=O)[C@H](CC(=O)O)NC(=O)CNC(=O)[C@H](CCCNC(=N)N)NC2=O)cc1. The van der Waals surface area contributed by atoms with Crippen LogP contribution < -0.4 is 43.0 Å². The monoisotopic (exact) mass is 721 g/mol. The summed E-state index contributed by atoms with van der Waals surface area (Å²) in [4.78, 5) is 91.1. The molecule has 0 aromatic heterocycles. The lowest BCUT2D eigenvalue weighted by Gasteiger charge is -2.26. The molecule has 1 fully saturated rings. The normalized spacial score (nSPS) is 20.1. The van der Waals surface area contributed by atoms with E-state index in [1.54, 1.807) is 42.5 Å². The third-order valence-corrected chi connectivity index (χ3v) is 8.14. The van der Waals surface area contributed by atoms with E-state index >= 15 is 0 Å². The Hall–Kier alpha value is -6.00. The molecule has 0 aliphatic carbocycles. The van der Waals surface area contributed by atoms with E-state index in [9.17, 15) is 38.7 Å². The molecule has 11 N–H and O–H groups in total. The maximum atomic E-state index is 13.8. The molecule has 280 valence electrons. The topological polar surface area (TPSA) is 274 Å². The van der Waals surface area contributed by atoms with E-state index in [0.29, 0.717) is 24.0 Å². The Morgan fingerprint density at radius 1 is 0.750 bits per heavy atom. The predicted octanol–water partition coefficient (Wildman–Crippen LogP) is -1.06. The maximum Gasteiger partial charge on any atom is 0.305 e. The molecule has 2 aromatic rings. The molecular weight excluding hydrogens is 674 g/mol. The van der Waals surface area contributed by atoms with E-state index in [1.165, 1.54) is 0 Å². The Morgan fingerprint density at radius 3 is 1.98 bits per heavy atom. The minimum atomic E-state index is -1.59. The van der Waals surface area contributed by atoms with Crippen LogP contribution in [-0.2, 0) is 35.2 Å². The van der Waals surface area contributed by atoms with Gasteiger partial charge in [-0.3, -0.25) is 39.0 Å². The number of nitrogens with one attached hydrogen (secondary N) is 8. The fourth-order valence-electron chi connectivity index (χ4n) is 5.35. The van der Waals surface area contributed by atoms with E-state index in [4.69, 9.17) is 11.1 Å². The molecule has 0 spiro atoms. The zero-order valence-electron chi connectivity index (χ0n) is 29.0. The molecule has 4 atom stereocenters. The van der Waals surface area contributed by atoms with Crippen LogP contribution in [0.3, 0.4) is 0 Å². The molecule has 1 saturated heterocycles. The van der Waals surface area contributed by atoms with Crippen LogP contribution in [0.25, 0.3) is 0 Å². The zero-order valence-corrected chi connectivity index (χ0v) is 29.0. The van der Waals surface area contributed by atoms with Gasteiger partial charge in [0.1, 0.15) is 24.2 Å². The number of hydrogen-bond acceptors (Lipinski definition) is 8. The van der Waals surface area contributed by atoms with Gasteiger partial charge in [0, 0.05) is 25.1 Å². The smallest absolute Gasteiger partial charge is 0.305 e. The lowest BCUT2D eigenvalue weighted by molar-refractivity contribution is -0.141. The fourth-order valence-corrected chi connectivity index (χ4v) is 5.35. The summed E-state index contributed by atoms with van der Waals surface area (Å²) in [6.07, 6.45) is 0.389. The minimum Gasteiger partial charge on any atom is -0.481 e. The van der Waals surface area contributed by atoms with Gasteiger partial charge in [-0.15, -0.1) is 0 Å². The Morgan fingerprint density at radius 2 is 1.33 bits per heavy atom. The van der Waals surface area contributed by atoms with Gasteiger partial charge in [0.25, 0.3) is 5.91 Å². The quantitative estimate of drug-likeness (QED) is 0.0642. The van der Waals surface area contributed by atoms with E-state index in [-0.39, 0.29) is 50.6 Å². The highest BCUT2D eigenvalue weighted by Gasteiger charge is 2.33. The molecule has 0 radical (unpaired) electrons. The van der Waals surface area contributed by atoms with Crippen LogP contribution in [0.1, 0.15) is 60.0 Å². The largest absolute Gasteiger partial charge is 0.481 e. The van der Waals surface area contributed by atoms with Crippen molar-refractivity contribution < 1.29 is 38.7 Å². The molecule has 0 unspecified atom stereocenters. The number of carbonyl (C=O) groups is 7. The number of benzene rings is 2. The molecule has 2 aromatic carbocycles. The molecule has 3 rings (SSSR count). The van der Waals surface area contributed by atoms with Crippen LogP contribution in [0.15, 0.2) is 54.6 Å². The second-order valence-electron chi connectivity index (χ2n) is 12.4. The van der Waals surface area contributed by atoms with Gasteiger partial charge < -0.3 is 48.1 Å². The number of carboxylic acid groups (broad SMARTS) is 1. The van der Waals surface area contributed by atoms with Crippen molar-refractivity contribution in [3.63, 3.8) is 0 Å². The zero-order chi connectivity index (χ0) is 38.0. The summed E-state index contributed by atoms with van der Waals surface area (Å²) in [7, 11) is 0. The number of amides is 6. The van der Waals surface area contributed by atoms with Crippen molar-refractivity contribution in [2.75, 3.05) is 19.6 Å². The number of nitrogens with two attached hydrogens (primary N) is 1. The second kappa shape index (κ2) is 20.6. The first-order valence-electron chi connectivity index (χ1n) is 17.0. The summed E-state index contributed by atoms with van der Waals surface area (Å²) in [5, 5.41) is 34.8. The average molecular weight is 722 g/mol. The van der Waals surface area contributed by atoms with Crippen LogP contribution in [0.4, 0.5) is 0 Å². The lowest BCUT2D eigenvalue weighted by Crippen LogP contribution is -2.58. The van der Waals surface area contributed by atoms with Gasteiger partial charge in [-0.2, -0.15) is 0 Å². The van der Waals surface area contributed by atoms with E-state index < -0.39 is 72.6 Å².